The standard InChI is InChI=1S/C20H23N3O12P2/c1-11-12-8-20(12,10-32-37(29,30)35-36(26,27)28)33-18(11)22-7-6-16(24)23(19(22)25)9-13-17-14(31-2)4-3-5-15(17)34-21-13/h3-7,11-12,18H,8-10H2,1-2H3,(H,29,30)(H2,26,27,28). The van der Waals surface area contributed by atoms with E-state index in [2.05, 4.69) is 9.47 Å². The van der Waals surface area contributed by atoms with Gasteiger partial charge >= 0.3 is 21.3 Å². The number of phosphoric acid groups is 2. The summed E-state index contributed by atoms with van der Waals surface area (Å²) >= 11 is 0. The van der Waals surface area contributed by atoms with E-state index in [1.165, 1.54) is 23.9 Å². The van der Waals surface area contributed by atoms with Gasteiger partial charge in [0, 0.05) is 18.2 Å². The highest BCUT2D eigenvalue weighted by Gasteiger charge is 2.67. The van der Waals surface area contributed by atoms with Crippen molar-refractivity contribution < 1.29 is 46.6 Å². The number of phosphoric ester groups is 1. The Morgan fingerprint density at radius 3 is 2.68 bits per heavy atom. The maximum Gasteiger partial charge on any atom is 0.481 e. The average Bonchev–Trinajstić information content (AvgIpc) is 3.27. The number of hydrogen-bond acceptors (Lipinski definition) is 10. The molecule has 5 rings (SSSR count). The first kappa shape index (κ1) is 26.0. The minimum atomic E-state index is -5.27. The van der Waals surface area contributed by atoms with Crippen LogP contribution in [0.3, 0.4) is 0 Å². The number of ether oxygens (including phenoxy) is 2. The number of hydrogen-bond donors (Lipinski definition) is 3. The first-order valence-corrected chi connectivity index (χ1v) is 14.0. The number of fused-ring (bicyclic) bond motifs is 2. The van der Waals surface area contributed by atoms with E-state index in [0.29, 0.717) is 28.8 Å². The molecule has 2 fully saturated rings. The van der Waals surface area contributed by atoms with Crippen molar-refractivity contribution in [3.8, 4) is 5.75 Å². The van der Waals surface area contributed by atoms with Gasteiger partial charge in [-0.05, 0) is 24.5 Å². The molecule has 1 aromatic carbocycles. The number of methoxy groups -OCH3 is 1. The Morgan fingerprint density at radius 2 is 1.97 bits per heavy atom. The van der Waals surface area contributed by atoms with Crippen LogP contribution in [0.15, 0.2) is 44.6 Å². The Labute approximate surface area is 208 Å². The first-order chi connectivity index (χ1) is 17.3. The number of nitrogens with zero attached hydrogens (tertiary/aromatic N) is 3. The Balaban J connectivity index is 1.40. The summed E-state index contributed by atoms with van der Waals surface area (Å²) in [6, 6.07) is 6.31. The average molecular weight is 559 g/mol. The van der Waals surface area contributed by atoms with Gasteiger partial charge in [0.25, 0.3) is 5.56 Å². The quantitative estimate of drug-likeness (QED) is 0.318. The molecule has 17 heteroatoms. The minimum Gasteiger partial charge on any atom is -0.496 e. The third kappa shape index (κ3) is 4.85. The van der Waals surface area contributed by atoms with Crippen LogP contribution in [-0.2, 0) is 29.2 Å². The summed E-state index contributed by atoms with van der Waals surface area (Å²) in [5.74, 6) is 0.0290. The van der Waals surface area contributed by atoms with E-state index in [9.17, 15) is 23.6 Å². The molecule has 3 aromatic rings. The smallest absolute Gasteiger partial charge is 0.481 e. The molecule has 1 saturated heterocycles. The van der Waals surface area contributed by atoms with Gasteiger partial charge in [-0.3, -0.25) is 18.5 Å². The van der Waals surface area contributed by atoms with Gasteiger partial charge in [0.05, 0.1) is 31.2 Å². The van der Waals surface area contributed by atoms with Gasteiger partial charge in [0.15, 0.2) is 5.58 Å². The Hall–Kier alpha value is -2.61. The van der Waals surface area contributed by atoms with Crippen molar-refractivity contribution in [3.05, 3.63) is 57.0 Å². The van der Waals surface area contributed by atoms with E-state index in [1.807, 2.05) is 6.92 Å². The van der Waals surface area contributed by atoms with Crippen molar-refractivity contribution in [2.24, 2.45) is 11.8 Å². The maximum absolute atomic E-state index is 13.4. The summed E-state index contributed by atoms with van der Waals surface area (Å²) in [6.07, 6.45) is 0.891. The number of rotatable bonds is 9. The van der Waals surface area contributed by atoms with Gasteiger partial charge < -0.3 is 28.7 Å². The zero-order chi connectivity index (χ0) is 26.8. The van der Waals surface area contributed by atoms with Crippen LogP contribution in [0.5, 0.6) is 5.75 Å². The molecule has 0 bridgehead atoms. The summed E-state index contributed by atoms with van der Waals surface area (Å²) in [5, 5.41) is 4.53. The zero-order valence-corrected chi connectivity index (χ0v) is 21.3. The van der Waals surface area contributed by atoms with Crippen molar-refractivity contribution >= 4 is 26.6 Å². The van der Waals surface area contributed by atoms with Crippen LogP contribution >= 0.6 is 15.6 Å². The molecular weight excluding hydrogens is 536 g/mol. The second kappa shape index (κ2) is 9.00. The highest BCUT2D eigenvalue weighted by molar-refractivity contribution is 7.60. The van der Waals surface area contributed by atoms with Crippen LogP contribution in [0, 0.1) is 11.8 Å². The molecular formula is C20H23N3O12P2. The molecule has 200 valence electrons. The Morgan fingerprint density at radius 1 is 1.22 bits per heavy atom. The normalized spacial score (nSPS) is 26.7. The summed E-state index contributed by atoms with van der Waals surface area (Å²) in [4.78, 5) is 53.1. The molecule has 2 aromatic heterocycles. The van der Waals surface area contributed by atoms with Gasteiger partial charge in [-0.15, -0.1) is 0 Å². The molecule has 3 N–H and O–H groups in total. The Kier molecular flexibility index (Phi) is 6.33. The summed E-state index contributed by atoms with van der Waals surface area (Å²) in [7, 11) is -8.85. The van der Waals surface area contributed by atoms with Gasteiger partial charge in [-0.1, -0.05) is 18.1 Å². The lowest BCUT2D eigenvalue weighted by Crippen LogP contribution is -2.42. The predicted molar refractivity (Wildman–Crippen MR) is 124 cm³/mol. The maximum atomic E-state index is 13.4. The monoisotopic (exact) mass is 559 g/mol. The molecule has 0 amide bonds. The lowest BCUT2D eigenvalue weighted by molar-refractivity contribution is -0.0723. The fourth-order valence-electron chi connectivity index (χ4n) is 4.84. The fraction of sp³-hybridized carbons (Fsp3) is 0.450. The van der Waals surface area contributed by atoms with Crippen molar-refractivity contribution in [3.63, 3.8) is 0 Å². The first-order valence-electron chi connectivity index (χ1n) is 11.0. The highest BCUT2D eigenvalue weighted by Crippen LogP contribution is 2.65. The largest absolute Gasteiger partial charge is 0.496 e. The van der Waals surface area contributed by atoms with Crippen molar-refractivity contribution in [1.82, 2.24) is 14.3 Å². The van der Waals surface area contributed by atoms with Crippen LogP contribution < -0.4 is 16.0 Å². The minimum absolute atomic E-state index is 0.177. The number of aromatic nitrogens is 3. The van der Waals surface area contributed by atoms with E-state index in [-0.39, 0.29) is 18.4 Å². The molecule has 15 nitrogen and oxygen atoms in total. The second-order valence-corrected chi connectivity index (χ2v) is 11.8. The van der Waals surface area contributed by atoms with Gasteiger partial charge in [-0.2, -0.15) is 4.31 Å². The van der Waals surface area contributed by atoms with E-state index < -0.39 is 45.3 Å². The molecule has 5 atom stereocenters. The third-order valence-corrected chi connectivity index (χ3v) is 8.76. The van der Waals surface area contributed by atoms with Crippen LogP contribution in [0.1, 0.15) is 25.3 Å². The van der Waals surface area contributed by atoms with Crippen LogP contribution in [-0.4, -0.2) is 48.3 Å². The summed E-state index contributed by atoms with van der Waals surface area (Å²) < 4.78 is 50.3. The Bertz CT molecular complexity index is 1570. The fourth-order valence-corrected chi connectivity index (χ4v) is 6.48. The van der Waals surface area contributed by atoms with Crippen LogP contribution in [0.25, 0.3) is 11.0 Å². The summed E-state index contributed by atoms with van der Waals surface area (Å²) in [6.45, 7) is 1.12. The van der Waals surface area contributed by atoms with Crippen molar-refractivity contribution in [2.45, 2.75) is 31.7 Å². The topological polar surface area (TPSA) is 202 Å². The molecule has 1 aliphatic carbocycles. The van der Waals surface area contributed by atoms with Gasteiger partial charge in [0.2, 0.25) is 0 Å². The highest BCUT2D eigenvalue weighted by atomic mass is 31.3. The molecule has 3 heterocycles. The lowest BCUT2D eigenvalue weighted by atomic mass is 10.0. The van der Waals surface area contributed by atoms with Crippen LogP contribution in [0.4, 0.5) is 0 Å². The van der Waals surface area contributed by atoms with E-state index in [0.717, 1.165) is 4.57 Å². The molecule has 37 heavy (non-hydrogen) atoms. The molecule has 1 saturated carbocycles. The van der Waals surface area contributed by atoms with Gasteiger partial charge in [0.1, 0.15) is 17.7 Å². The molecule has 0 spiro atoms. The SMILES string of the molecule is COc1cccc2onc(Cn3c(=O)ccn(C4OC5(COP(=O)(O)OP(=O)(O)O)CC5C4C)c3=O)c12. The van der Waals surface area contributed by atoms with Crippen LogP contribution in [0.2, 0.25) is 0 Å². The molecule has 1 aliphatic heterocycles. The zero-order valence-electron chi connectivity index (χ0n) is 19.5. The van der Waals surface area contributed by atoms with E-state index in [4.69, 9.17) is 28.3 Å². The van der Waals surface area contributed by atoms with E-state index in [1.54, 1.807) is 18.2 Å². The predicted octanol–water partition coefficient (Wildman–Crippen LogP) is 1.36. The molecule has 0 radical (unpaired) electrons. The van der Waals surface area contributed by atoms with Crippen molar-refractivity contribution in [1.29, 1.82) is 0 Å². The van der Waals surface area contributed by atoms with Gasteiger partial charge in [-0.25, -0.2) is 13.9 Å². The molecule has 5 unspecified atom stereocenters. The number of benzene rings is 1. The lowest BCUT2D eigenvalue weighted by Gasteiger charge is -2.24. The third-order valence-electron chi connectivity index (χ3n) is 6.63. The molecule has 2 aliphatic rings. The van der Waals surface area contributed by atoms with E-state index >= 15 is 0 Å². The second-order valence-electron chi connectivity index (χ2n) is 8.95. The van der Waals surface area contributed by atoms with Crippen molar-refractivity contribution in [2.75, 3.05) is 13.7 Å². The summed E-state index contributed by atoms with van der Waals surface area (Å²) in [5.41, 5.74) is -1.56.